The molecule has 0 fully saturated rings. The predicted molar refractivity (Wildman–Crippen MR) is 85.1 cm³/mol. The van der Waals surface area contributed by atoms with Gasteiger partial charge in [-0.05, 0) is 52.4 Å². The van der Waals surface area contributed by atoms with E-state index in [9.17, 15) is 8.42 Å². The molecule has 20 heavy (non-hydrogen) atoms. The number of aliphatic hydroxyl groups excluding tert-OH is 1. The zero-order chi connectivity index (χ0) is 14.8. The van der Waals surface area contributed by atoms with Crippen LogP contribution in [0.25, 0.3) is 0 Å². The monoisotopic (exact) mass is 424 g/mol. The van der Waals surface area contributed by atoms with Crippen LogP contribution in [0.4, 0.5) is 5.69 Å². The summed E-state index contributed by atoms with van der Waals surface area (Å²) in [4.78, 5) is 3.83. The van der Waals surface area contributed by atoms with Crippen molar-refractivity contribution in [2.45, 2.75) is 11.6 Å². The Kier molecular flexibility index (Phi) is 4.84. The number of nitrogens with zero attached hydrogens (tertiary/aromatic N) is 1. The molecule has 0 aliphatic heterocycles. The van der Waals surface area contributed by atoms with E-state index in [-0.39, 0.29) is 11.6 Å². The van der Waals surface area contributed by atoms with Crippen molar-refractivity contribution in [3.8, 4) is 0 Å². The minimum Gasteiger partial charge on any atom is -0.392 e. The third-order valence-electron chi connectivity index (χ3n) is 2.43. The molecule has 0 radical (unpaired) electrons. The van der Waals surface area contributed by atoms with Crippen molar-refractivity contribution in [2.24, 2.45) is 0 Å². The summed E-state index contributed by atoms with van der Waals surface area (Å²) >= 11 is 7.81. The van der Waals surface area contributed by atoms with E-state index in [0.717, 1.165) is 0 Å². The average molecular weight is 425 g/mol. The van der Waals surface area contributed by atoms with E-state index in [4.69, 9.17) is 16.7 Å². The van der Waals surface area contributed by atoms with Crippen LogP contribution in [0.3, 0.4) is 0 Å². The van der Waals surface area contributed by atoms with Crippen LogP contribution in [0.15, 0.2) is 41.6 Å². The van der Waals surface area contributed by atoms with E-state index < -0.39 is 10.0 Å². The topological polar surface area (TPSA) is 79.3 Å². The molecule has 5 nitrogen and oxygen atoms in total. The molecular formula is C12H10ClIN2O3S. The van der Waals surface area contributed by atoms with Crippen LogP contribution < -0.4 is 4.72 Å². The van der Waals surface area contributed by atoms with E-state index in [2.05, 4.69) is 9.71 Å². The first-order valence-electron chi connectivity index (χ1n) is 5.46. The lowest BCUT2D eigenvalue weighted by molar-refractivity contribution is 0.281. The predicted octanol–water partition coefficient (Wildman–Crippen LogP) is 2.63. The molecule has 2 N–H and O–H groups in total. The Hall–Kier alpha value is -0.900. The van der Waals surface area contributed by atoms with Gasteiger partial charge in [0.25, 0.3) is 10.0 Å². The molecule has 8 heteroatoms. The van der Waals surface area contributed by atoms with E-state index in [0.29, 0.717) is 19.8 Å². The number of aromatic nitrogens is 1. The minimum atomic E-state index is -3.76. The molecule has 0 spiro atoms. The normalized spacial score (nSPS) is 11.3. The number of benzene rings is 1. The molecule has 0 unspecified atom stereocenters. The number of anilines is 1. The molecule has 0 aliphatic rings. The fourth-order valence-electron chi connectivity index (χ4n) is 1.43. The van der Waals surface area contributed by atoms with E-state index in [1.807, 2.05) is 22.6 Å². The number of rotatable bonds is 4. The number of pyridine rings is 1. The van der Waals surface area contributed by atoms with Gasteiger partial charge in [0.1, 0.15) is 0 Å². The van der Waals surface area contributed by atoms with Crippen molar-refractivity contribution in [3.05, 3.63) is 50.7 Å². The first kappa shape index (κ1) is 15.5. The summed E-state index contributed by atoms with van der Waals surface area (Å²) in [5.41, 5.74) is 0.980. The lowest BCUT2D eigenvalue weighted by Gasteiger charge is -2.09. The Morgan fingerprint density at radius 2 is 2.05 bits per heavy atom. The molecule has 2 aromatic rings. The highest BCUT2D eigenvalue weighted by molar-refractivity contribution is 14.1. The van der Waals surface area contributed by atoms with Gasteiger partial charge in [-0.2, -0.15) is 8.42 Å². The average Bonchev–Trinajstić information content (AvgIpc) is 2.42. The summed E-state index contributed by atoms with van der Waals surface area (Å²) in [5.74, 6) is 0. The highest BCUT2D eigenvalue weighted by Crippen LogP contribution is 2.24. The lowest BCUT2D eigenvalue weighted by Crippen LogP contribution is -2.15. The van der Waals surface area contributed by atoms with Gasteiger partial charge in [0.05, 0.1) is 12.3 Å². The Bertz CT molecular complexity index is 720. The SMILES string of the molecule is O=S(=O)(Nc1ccc(Cl)cc1I)c1ccc(CO)cn1. The van der Waals surface area contributed by atoms with Crippen LogP contribution in [0, 0.1) is 3.57 Å². The van der Waals surface area contributed by atoms with Crippen LogP contribution in [0.2, 0.25) is 5.02 Å². The van der Waals surface area contributed by atoms with Crippen molar-refractivity contribution in [2.75, 3.05) is 4.72 Å². The fraction of sp³-hybridized carbons (Fsp3) is 0.0833. The van der Waals surface area contributed by atoms with Crippen LogP contribution in [0.1, 0.15) is 5.56 Å². The van der Waals surface area contributed by atoms with Crippen LogP contribution >= 0.6 is 34.2 Å². The molecule has 0 aliphatic carbocycles. The van der Waals surface area contributed by atoms with Gasteiger partial charge in [0.2, 0.25) is 0 Å². The Labute approximate surface area is 135 Å². The fourth-order valence-corrected chi connectivity index (χ4v) is 3.63. The number of sulfonamides is 1. The molecule has 0 saturated carbocycles. The van der Waals surface area contributed by atoms with Crippen molar-refractivity contribution >= 4 is 49.9 Å². The van der Waals surface area contributed by atoms with Crippen molar-refractivity contribution in [1.29, 1.82) is 0 Å². The molecule has 1 aromatic carbocycles. The molecule has 0 bridgehead atoms. The maximum Gasteiger partial charge on any atom is 0.279 e. The molecule has 0 amide bonds. The third kappa shape index (κ3) is 3.60. The Balaban J connectivity index is 2.30. The van der Waals surface area contributed by atoms with Crippen molar-refractivity contribution in [3.63, 3.8) is 0 Å². The van der Waals surface area contributed by atoms with E-state index in [1.165, 1.54) is 18.3 Å². The van der Waals surface area contributed by atoms with Crippen LogP contribution in [-0.4, -0.2) is 18.5 Å². The van der Waals surface area contributed by atoms with Gasteiger partial charge in [-0.25, -0.2) is 4.98 Å². The van der Waals surface area contributed by atoms with Gasteiger partial charge in [0, 0.05) is 14.8 Å². The van der Waals surface area contributed by atoms with Gasteiger partial charge in [-0.3, -0.25) is 4.72 Å². The molecule has 106 valence electrons. The molecule has 0 atom stereocenters. The quantitative estimate of drug-likeness (QED) is 0.740. The Morgan fingerprint density at radius 1 is 1.30 bits per heavy atom. The maximum atomic E-state index is 12.2. The first-order chi connectivity index (χ1) is 9.42. The van der Waals surface area contributed by atoms with Gasteiger partial charge < -0.3 is 5.11 Å². The van der Waals surface area contributed by atoms with E-state index >= 15 is 0 Å². The summed E-state index contributed by atoms with van der Waals surface area (Å²) in [6, 6.07) is 7.70. The minimum absolute atomic E-state index is 0.111. The molecule has 2 rings (SSSR count). The maximum absolute atomic E-state index is 12.2. The number of hydrogen-bond donors (Lipinski definition) is 2. The largest absolute Gasteiger partial charge is 0.392 e. The summed E-state index contributed by atoms with van der Waals surface area (Å²) in [6.45, 7) is -0.185. The zero-order valence-electron chi connectivity index (χ0n) is 10.0. The summed E-state index contributed by atoms with van der Waals surface area (Å²) < 4.78 is 27.5. The van der Waals surface area contributed by atoms with Crippen LogP contribution in [0.5, 0.6) is 0 Å². The summed E-state index contributed by atoms with van der Waals surface area (Å²) in [6.07, 6.45) is 1.32. The Morgan fingerprint density at radius 3 is 2.60 bits per heavy atom. The number of nitrogens with one attached hydrogen (secondary N) is 1. The first-order valence-corrected chi connectivity index (χ1v) is 8.40. The smallest absolute Gasteiger partial charge is 0.279 e. The molecule has 0 saturated heterocycles. The second-order valence-corrected chi connectivity index (χ2v) is 7.12. The number of aliphatic hydroxyl groups is 1. The van der Waals surface area contributed by atoms with E-state index in [1.54, 1.807) is 18.2 Å². The van der Waals surface area contributed by atoms with Gasteiger partial charge >= 0.3 is 0 Å². The zero-order valence-corrected chi connectivity index (χ0v) is 13.8. The number of hydrogen-bond acceptors (Lipinski definition) is 4. The summed E-state index contributed by atoms with van der Waals surface area (Å²) in [5, 5.41) is 9.33. The molecule has 1 heterocycles. The van der Waals surface area contributed by atoms with Gasteiger partial charge in [0.15, 0.2) is 5.03 Å². The van der Waals surface area contributed by atoms with Crippen molar-refractivity contribution in [1.82, 2.24) is 4.98 Å². The standard InChI is InChI=1S/C12H10ClIN2O3S/c13-9-2-3-11(10(14)5-9)16-20(18,19)12-4-1-8(7-17)6-15-12/h1-6,16-17H,7H2. The molecular weight excluding hydrogens is 415 g/mol. The second kappa shape index (κ2) is 6.25. The van der Waals surface area contributed by atoms with Gasteiger partial charge in [-0.15, -0.1) is 0 Å². The second-order valence-electron chi connectivity index (χ2n) is 3.89. The van der Waals surface area contributed by atoms with Crippen molar-refractivity contribution < 1.29 is 13.5 Å². The highest BCUT2D eigenvalue weighted by Gasteiger charge is 2.17. The third-order valence-corrected chi connectivity index (χ3v) is 4.84. The summed E-state index contributed by atoms with van der Waals surface area (Å²) in [7, 11) is -3.76. The number of halogens is 2. The molecule has 1 aromatic heterocycles. The van der Waals surface area contributed by atoms with Gasteiger partial charge in [-0.1, -0.05) is 17.7 Å². The lowest BCUT2D eigenvalue weighted by atomic mass is 10.3. The van der Waals surface area contributed by atoms with Crippen LogP contribution in [-0.2, 0) is 16.6 Å². The highest BCUT2D eigenvalue weighted by atomic mass is 127.